The van der Waals surface area contributed by atoms with Crippen LogP contribution in [0.2, 0.25) is 0 Å². The molecule has 2 heterocycles. The van der Waals surface area contributed by atoms with Crippen LogP contribution >= 0.6 is 0 Å². The molecule has 1 amide bonds. The smallest absolute Gasteiger partial charge is 0.225 e. The lowest BCUT2D eigenvalue weighted by Crippen LogP contribution is -2.46. The largest absolute Gasteiger partial charge is 0.353 e. The average molecular weight is 304 g/mol. The molecule has 1 saturated carbocycles. The fourth-order valence-corrected chi connectivity index (χ4v) is 4.11. The van der Waals surface area contributed by atoms with Gasteiger partial charge in [0.1, 0.15) is 0 Å². The molecule has 2 fully saturated rings. The number of rotatable bonds is 3. The Labute approximate surface area is 132 Å². The van der Waals surface area contributed by atoms with Crippen molar-refractivity contribution in [1.82, 2.24) is 20.4 Å². The molecule has 1 aromatic rings. The number of nitrogens with zero attached hydrogens (tertiary/aromatic N) is 2. The number of carbonyl (C=O) groups is 1. The number of amides is 1. The lowest BCUT2D eigenvalue weighted by atomic mass is 9.79. The van der Waals surface area contributed by atoms with Gasteiger partial charge >= 0.3 is 0 Å². The van der Waals surface area contributed by atoms with E-state index in [1.807, 2.05) is 24.1 Å². The zero-order valence-corrected chi connectivity index (χ0v) is 13.9. The summed E-state index contributed by atoms with van der Waals surface area (Å²) >= 11 is 0. The van der Waals surface area contributed by atoms with Crippen molar-refractivity contribution in [3.8, 4) is 0 Å². The lowest BCUT2D eigenvalue weighted by molar-refractivity contribution is -0.126. The maximum Gasteiger partial charge on any atom is 0.225 e. The summed E-state index contributed by atoms with van der Waals surface area (Å²) in [5, 5.41) is 10.9. The van der Waals surface area contributed by atoms with Gasteiger partial charge in [0, 0.05) is 38.3 Å². The van der Waals surface area contributed by atoms with Crippen LogP contribution in [-0.2, 0) is 11.8 Å². The molecule has 0 aromatic carbocycles. The van der Waals surface area contributed by atoms with Gasteiger partial charge < -0.3 is 10.6 Å². The highest BCUT2D eigenvalue weighted by Crippen LogP contribution is 2.31. The van der Waals surface area contributed by atoms with E-state index in [0.717, 1.165) is 31.0 Å². The van der Waals surface area contributed by atoms with Crippen LogP contribution in [0.25, 0.3) is 0 Å². The van der Waals surface area contributed by atoms with Crippen LogP contribution in [0.4, 0.5) is 0 Å². The van der Waals surface area contributed by atoms with E-state index in [0.29, 0.717) is 12.0 Å². The molecular weight excluding hydrogens is 276 g/mol. The maximum absolute atomic E-state index is 12.8. The third kappa shape index (κ3) is 3.19. The highest BCUT2D eigenvalue weighted by atomic mass is 16.2. The molecule has 5 atom stereocenters. The quantitative estimate of drug-likeness (QED) is 0.893. The monoisotopic (exact) mass is 304 g/mol. The first-order valence-corrected chi connectivity index (χ1v) is 8.54. The summed E-state index contributed by atoms with van der Waals surface area (Å²) in [6.45, 7) is 6.21. The number of hydrogen-bond donors (Lipinski definition) is 2. The number of hydrogen-bond acceptors (Lipinski definition) is 3. The summed E-state index contributed by atoms with van der Waals surface area (Å²) in [5.74, 6) is 1.85. The van der Waals surface area contributed by atoms with Gasteiger partial charge in [-0.1, -0.05) is 13.8 Å². The van der Waals surface area contributed by atoms with Crippen molar-refractivity contribution < 1.29 is 4.79 Å². The molecule has 2 aliphatic rings. The van der Waals surface area contributed by atoms with Crippen LogP contribution in [0.3, 0.4) is 0 Å². The fourth-order valence-electron chi connectivity index (χ4n) is 4.11. The second-order valence-electron chi connectivity index (χ2n) is 7.33. The highest BCUT2D eigenvalue weighted by molar-refractivity contribution is 5.80. The van der Waals surface area contributed by atoms with E-state index in [-0.39, 0.29) is 17.7 Å². The van der Waals surface area contributed by atoms with Gasteiger partial charge in [0.25, 0.3) is 0 Å². The second kappa shape index (κ2) is 6.41. The van der Waals surface area contributed by atoms with Gasteiger partial charge in [0.2, 0.25) is 5.91 Å². The number of nitrogens with one attached hydrogen (secondary N) is 2. The van der Waals surface area contributed by atoms with Crippen LogP contribution < -0.4 is 10.6 Å². The molecule has 3 unspecified atom stereocenters. The fraction of sp³-hybridized carbons (Fsp3) is 0.765. The summed E-state index contributed by atoms with van der Waals surface area (Å²) in [6.07, 6.45) is 7.49. The Morgan fingerprint density at radius 2 is 2.18 bits per heavy atom. The zero-order chi connectivity index (χ0) is 15.7. The van der Waals surface area contributed by atoms with Gasteiger partial charge in [0.05, 0.1) is 12.1 Å². The van der Waals surface area contributed by atoms with Crippen molar-refractivity contribution in [1.29, 1.82) is 0 Å². The van der Waals surface area contributed by atoms with Crippen molar-refractivity contribution >= 4 is 5.91 Å². The third-order valence-corrected chi connectivity index (χ3v) is 5.46. The van der Waals surface area contributed by atoms with Crippen molar-refractivity contribution in [2.24, 2.45) is 24.8 Å². The van der Waals surface area contributed by atoms with E-state index in [4.69, 9.17) is 0 Å². The topological polar surface area (TPSA) is 59.0 Å². The first-order valence-electron chi connectivity index (χ1n) is 8.54. The molecule has 22 heavy (non-hydrogen) atoms. The van der Waals surface area contributed by atoms with E-state index in [1.54, 1.807) is 0 Å². The zero-order valence-electron chi connectivity index (χ0n) is 13.9. The van der Waals surface area contributed by atoms with Crippen LogP contribution in [0.1, 0.15) is 44.6 Å². The van der Waals surface area contributed by atoms with Gasteiger partial charge in [-0.2, -0.15) is 5.10 Å². The van der Waals surface area contributed by atoms with E-state index in [2.05, 4.69) is 29.6 Å². The van der Waals surface area contributed by atoms with Crippen molar-refractivity contribution in [3.63, 3.8) is 0 Å². The Morgan fingerprint density at radius 1 is 1.36 bits per heavy atom. The summed E-state index contributed by atoms with van der Waals surface area (Å²) in [6, 6.07) is 0.346. The van der Waals surface area contributed by atoms with Crippen LogP contribution in [0.5, 0.6) is 0 Å². The Kier molecular flexibility index (Phi) is 4.52. The molecule has 0 bridgehead atoms. The second-order valence-corrected chi connectivity index (χ2v) is 7.33. The predicted molar refractivity (Wildman–Crippen MR) is 86.4 cm³/mol. The predicted octanol–water partition coefficient (Wildman–Crippen LogP) is 1.66. The molecule has 0 spiro atoms. The van der Waals surface area contributed by atoms with Gasteiger partial charge in [-0.15, -0.1) is 0 Å². The summed E-state index contributed by atoms with van der Waals surface area (Å²) in [7, 11) is 1.92. The van der Waals surface area contributed by atoms with Gasteiger partial charge in [0.15, 0.2) is 0 Å². The molecule has 5 heteroatoms. The van der Waals surface area contributed by atoms with Crippen LogP contribution in [0, 0.1) is 17.8 Å². The van der Waals surface area contributed by atoms with E-state index >= 15 is 0 Å². The number of aromatic nitrogens is 2. The van der Waals surface area contributed by atoms with Gasteiger partial charge in [-0.3, -0.25) is 9.48 Å². The Bertz CT molecular complexity index is 526. The standard InChI is InChI=1S/C17H28N4O/c1-11-4-5-16(12(2)6-11)20-17(22)15-9-18-8-14(15)13-7-19-21(3)10-13/h7,10-12,14-16,18H,4-6,8-9H2,1-3H3,(H,20,22)/t11?,12?,14-,15+,16?/m1/s1. The van der Waals surface area contributed by atoms with Crippen molar-refractivity contribution in [2.45, 2.75) is 45.1 Å². The first kappa shape index (κ1) is 15.5. The summed E-state index contributed by atoms with van der Waals surface area (Å²) < 4.78 is 1.81. The minimum absolute atomic E-state index is 0.0238. The Hall–Kier alpha value is -1.36. The molecule has 0 radical (unpaired) electrons. The molecule has 3 rings (SSSR count). The molecule has 1 saturated heterocycles. The van der Waals surface area contributed by atoms with E-state index in [9.17, 15) is 4.79 Å². The number of aryl methyl sites for hydroxylation is 1. The minimum atomic E-state index is 0.0238. The maximum atomic E-state index is 12.8. The third-order valence-electron chi connectivity index (χ3n) is 5.46. The molecule has 1 aromatic heterocycles. The molecule has 2 N–H and O–H groups in total. The van der Waals surface area contributed by atoms with Gasteiger partial charge in [-0.25, -0.2) is 0 Å². The average Bonchev–Trinajstić information content (AvgIpc) is 3.10. The van der Waals surface area contributed by atoms with Crippen LogP contribution in [-0.4, -0.2) is 34.8 Å². The van der Waals surface area contributed by atoms with E-state index in [1.165, 1.54) is 12.8 Å². The molecule has 1 aliphatic heterocycles. The SMILES string of the molecule is CC1CCC(NC(=O)[C@H]2CNC[C@@H]2c2cnn(C)c2)C(C)C1. The first-order chi connectivity index (χ1) is 10.5. The Balaban J connectivity index is 1.64. The highest BCUT2D eigenvalue weighted by Gasteiger charge is 2.36. The minimum Gasteiger partial charge on any atom is -0.353 e. The van der Waals surface area contributed by atoms with Gasteiger partial charge in [-0.05, 0) is 36.7 Å². The summed E-state index contributed by atoms with van der Waals surface area (Å²) in [5.41, 5.74) is 1.16. The van der Waals surface area contributed by atoms with Crippen molar-refractivity contribution in [3.05, 3.63) is 18.0 Å². The summed E-state index contributed by atoms with van der Waals surface area (Å²) in [4.78, 5) is 12.8. The Morgan fingerprint density at radius 3 is 2.86 bits per heavy atom. The van der Waals surface area contributed by atoms with Crippen LogP contribution in [0.15, 0.2) is 12.4 Å². The molecular formula is C17H28N4O. The lowest BCUT2D eigenvalue weighted by Gasteiger charge is -2.34. The molecule has 122 valence electrons. The molecule has 1 aliphatic carbocycles. The van der Waals surface area contributed by atoms with Crippen molar-refractivity contribution in [2.75, 3.05) is 13.1 Å². The normalized spacial score (nSPS) is 35.5. The molecule has 5 nitrogen and oxygen atoms in total. The van der Waals surface area contributed by atoms with E-state index < -0.39 is 0 Å². The number of carbonyl (C=O) groups excluding carboxylic acids is 1.